The Morgan fingerprint density at radius 1 is 0.826 bits per heavy atom. The Morgan fingerprint density at radius 3 is 2.22 bits per heavy atom. The van der Waals surface area contributed by atoms with Crippen LogP contribution in [0.25, 0.3) is 10.8 Å². The number of rotatable bonds is 4. The fourth-order valence-corrected chi connectivity index (χ4v) is 2.57. The van der Waals surface area contributed by atoms with Crippen molar-refractivity contribution in [1.29, 1.82) is 0 Å². The van der Waals surface area contributed by atoms with Crippen LogP contribution < -0.4 is 5.32 Å². The SMILES string of the molecule is O=C(NC(C(=O)O)c1ccccc1)c1cccc2ccccc12. The largest absolute Gasteiger partial charge is 0.479 e. The lowest BCUT2D eigenvalue weighted by atomic mass is 10.0. The lowest BCUT2D eigenvalue weighted by molar-refractivity contribution is -0.139. The number of carboxylic acid groups (broad SMARTS) is 1. The van der Waals surface area contributed by atoms with Gasteiger partial charge in [-0.05, 0) is 22.4 Å². The molecule has 0 spiro atoms. The molecule has 0 saturated heterocycles. The van der Waals surface area contributed by atoms with Gasteiger partial charge in [0, 0.05) is 5.56 Å². The number of carboxylic acids is 1. The number of fused-ring (bicyclic) bond motifs is 1. The standard InChI is InChI=1S/C19H15NO3/c21-18(16-12-6-10-13-7-4-5-11-15(13)16)20-17(19(22)23)14-8-2-1-3-9-14/h1-12,17H,(H,20,21)(H,22,23). The van der Waals surface area contributed by atoms with E-state index < -0.39 is 17.9 Å². The smallest absolute Gasteiger partial charge is 0.330 e. The van der Waals surface area contributed by atoms with Gasteiger partial charge in [0.05, 0.1) is 0 Å². The second-order valence-corrected chi connectivity index (χ2v) is 5.18. The molecule has 0 aliphatic carbocycles. The molecule has 0 saturated carbocycles. The summed E-state index contributed by atoms with van der Waals surface area (Å²) in [6.07, 6.45) is 0. The van der Waals surface area contributed by atoms with E-state index in [2.05, 4.69) is 5.32 Å². The Kier molecular flexibility index (Phi) is 4.06. The molecule has 23 heavy (non-hydrogen) atoms. The molecule has 0 radical (unpaired) electrons. The minimum Gasteiger partial charge on any atom is -0.479 e. The van der Waals surface area contributed by atoms with E-state index in [9.17, 15) is 14.7 Å². The van der Waals surface area contributed by atoms with Crippen LogP contribution in [0.15, 0.2) is 72.8 Å². The van der Waals surface area contributed by atoms with Crippen LogP contribution in [0, 0.1) is 0 Å². The third-order valence-electron chi connectivity index (χ3n) is 3.69. The Bertz CT molecular complexity index is 853. The highest BCUT2D eigenvalue weighted by Crippen LogP contribution is 2.20. The summed E-state index contributed by atoms with van der Waals surface area (Å²) >= 11 is 0. The van der Waals surface area contributed by atoms with E-state index >= 15 is 0 Å². The molecule has 1 unspecified atom stereocenters. The molecule has 0 bridgehead atoms. The van der Waals surface area contributed by atoms with Gasteiger partial charge in [-0.3, -0.25) is 4.79 Å². The highest BCUT2D eigenvalue weighted by atomic mass is 16.4. The molecule has 1 amide bonds. The predicted octanol–water partition coefficient (Wildman–Crippen LogP) is 3.40. The Labute approximate surface area is 133 Å². The molecule has 4 nitrogen and oxygen atoms in total. The van der Waals surface area contributed by atoms with E-state index in [4.69, 9.17) is 0 Å². The number of nitrogens with one attached hydrogen (secondary N) is 1. The first kappa shape index (κ1) is 14.8. The lowest BCUT2D eigenvalue weighted by Crippen LogP contribution is -2.33. The number of benzene rings is 3. The van der Waals surface area contributed by atoms with Crippen molar-refractivity contribution in [2.45, 2.75) is 6.04 Å². The maximum atomic E-state index is 12.6. The van der Waals surface area contributed by atoms with E-state index in [-0.39, 0.29) is 0 Å². The summed E-state index contributed by atoms with van der Waals surface area (Å²) in [4.78, 5) is 24.1. The summed E-state index contributed by atoms with van der Waals surface area (Å²) in [6.45, 7) is 0. The number of aliphatic carboxylic acids is 1. The van der Waals surface area contributed by atoms with Crippen LogP contribution in [-0.4, -0.2) is 17.0 Å². The van der Waals surface area contributed by atoms with E-state index in [1.165, 1.54) is 0 Å². The maximum Gasteiger partial charge on any atom is 0.330 e. The van der Waals surface area contributed by atoms with E-state index in [0.717, 1.165) is 10.8 Å². The van der Waals surface area contributed by atoms with Gasteiger partial charge in [0.1, 0.15) is 0 Å². The second-order valence-electron chi connectivity index (χ2n) is 5.18. The van der Waals surface area contributed by atoms with Gasteiger partial charge in [-0.1, -0.05) is 66.7 Å². The molecular weight excluding hydrogens is 290 g/mol. The molecule has 0 fully saturated rings. The predicted molar refractivity (Wildman–Crippen MR) is 88.2 cm³/mol. The van der Waals surface area contributed by atoms with Gasteiger partial charge < -0.3 is 10.4 Å². The van der Waals surface area contributed by atoms with Crippen LogP contribution in [0.2, 0.25) is 0 Å². The monoisotopic (exact) mass is 305 g/mol. The van der Waals surface area contributed by atoms with Crippen molar-refractivity contribution in [2.24, 2.45) is 0 Å². The molecule has 0 aromatic heterocycles. The quantitative estimate of drug-likeness (QED) is 0.776. The number of hydrogen-bond donors (Lipinski definition) is 2. The first-order valence-corrected chi connectivity index (χ1v) is 7.23. The third-order valence-corrected chi connectivity index (χ3v) is 3.69. The summed E-state index contributed by atoms with van der Waals surface area (Å²) < 4.78 is 0. The number of carbonyl (C=O) groups excluding carboxylic acids is 1. The van der Waals surface area contributed by atoms with Crippen molar-refractivity contribution < 1.29 is 14.7 Å². The lowest BCUT2D eigenvalue weighted by Gasteiger charge is -2.15. The highest BCUT2D eigenvalue weighted by molar-refractivity contribution is 6.07. The minimum absolute atomic E-state index is 0.405. The second kappa shape index (κ2) is 6.32. The molecule has 0 heterocycles. The highest BCUT2D eigenvalue weighted by Gasteiger charge is 2.23. The molecule has 0 aliphatic heterocycles. The van der Waals surface area contributed by atoms with Gasteiger partial charge in [-0.2, -0.15) is 0 Å². The van der Waals surface area contributed by atoms with Gasteiger partial charge in [0.25, 0.3) is 5.91 Å². The van der Waals surface area contributed by atoms with Crippen molar-refractivity contribution in [1.82, 2.24) is 5.32 Å². The average molecular weight is 305 g/mol. The fourth-order valence-electron chi connectivity index (χ4n) is 2.57. The zero-order valence-electron chi connectivity index (χ0n) is 12.3. The topological polar surface area (TPSA) is 66.4 Å². The molecule has 2 N–H and O–H groups in total. The zero-order chi connectivity index (χ0) is 16.2. The minimum atomic E-state index is -1.09. The van der Waals surface area contributed by atoms with Crippen molar-refractivity contribution in [3.63, 3.8) is 0 Å². The van der Waals surface area contributed by atoms with Crippen LogP contribution in [0.1, 0.15) is 22.0 Å². The van der Waals surface area contributed by atoms with Crippen LogP contribution in [-0.2, 0) is 4.79 Å². The Morgan fingerprint density at radius 2 is 1.48 bits per heavy atom. The molecule has 0 aliphatic rings. The molecule has 4 heteroatoms. The fraction of sp³-hybridized carbons (Fsp3) is 0.0526. The van der Waals surface area contributed by atoms with Gasteiger partial charge in [-0.15, -0.1) is 0 Å². The van der Waals surface area contributed by atoms with Gasteiger partial charge >= 0.3 is 5.97 Å². The van der Waals surface area contributed by atoms with Crippen molar-refractivity contribution in [2.75, 3.05) is 0 Å². The van der Waals surface area contributed by atoms with E-state index in [1.54, 1.807) is 42.5 Å². The van der Waals surface area contributed by atoms with Crippen LogP contribution in [0.4, 0.5) is 0 Å². The summed E-state index contributed by atoms with van der Waals surface area (Å²) in [6, 6.07) is 20.5. The first-order chi connectivity index (χ1) is 11.2. The van der Waals surface area contributed by atoms with Gasteiger partial charge in [-0.25, -0.2) is 4.79 Å². The van der Waals surface area contributed by atoms with Crippen molar-refractivity contribution in [3.05, 3.63) is 83.9 Å². The summed E-state index contributed by atoms with van der Waals surface area (Å²) in [7, 11) is 0. The van der Waals surface area contributed by atoms with Gasteiger partial charge in [0.2, 0.25) is 0 Å². The molecular formula is C19H15NO3. The Hall–Kier alpha value is -3.14. The molecule has 3 rings (SSSR count). The van der Waals surface area contributed by atoms with Crippen molar-refractivity contribution >= 4 is 22.6 Å². The maximum absolute atomic E-state index is 12.6. The van der Waals surface area contributed by atoms with Crippen molar-refractivity contribution in [3.8, 4) is 0 Å². The normalized spacial score (nSPS) is 11.8. The summed E-state index contributed by atoms with van der Waals surface area (Å²) in [5, 5.41) is 13.8. The number of amides is 1. The summed E-state index contributed by atoms with van der Waals surface area (Å²) in [5.74, 6) is -1.50. The van der Waals surface area contributed by atoms with Crippen LogP contribution in [0.3, 0.4) is 0 Å². The molecule has 3 aromatic rings. The number of hydrogen-bond acceptors (Lipinski definition) is 2. The zero-order valence-corrected chi connectivity index (χ0v) is 12.3. The van der Waals surface area contributed by atoms with E-state index in [0.29, 0.717) is 11.1 Å². The molecule has 114 valence electrons. The van der Waals surface area contributed by atoms with Crippen LogP contribution >= 0.6 is 0 Å². The van der Waals surface area contributed by atoms with Gasteiger partial charge in [0.15, 0.2) is 6.04 Å². The molecule has 1 atom stereocenters. The summed E-state index contributed by atoms with van der Waals surface area (Å²) in [5.41, 5.74) is 0.999. The third kappa shape index (κ3) is 3.06. The van der Waals surface area contributed by atoms with E-state index in [1.807, 2.05) is 30.3 Å². The number of carbonyl (C=O) groups is 2. The molecule has 3 aromatic carbocycles. The first-order valence-electron chi connectivity index (χ1n) is 7.23. The Balaban J connectivity index is 1.94. The van der Waals surface area contributed by atoms with Crippen LogP contribution in [0.5, 0.6) is 0 Å². The average Bonchev–Trinajstić information content (AvgIpc) is 2.59.